The predicted octanol–water partition coefficient (Wildman–Crippen LogP) is 4.56. The molecule has 5 nitrogen and oxygen atoms in total. The minimum Gasteiger partial charge on any atom is -0.322 e. The van der Waals surface area contributed by atoms with Gasteiger partial charge in [-0.15, -0.1) is 0 Å². The number of nitrogens with one attached hydrogen (secondary N) is 2. The molecule has 4 rings (SSSR count). The zero-order chi connectivity index (χ0) is 19.3. The Labute approximate surface area is 165 Å². The van der Waals surface area contributed by atoms with Gasteiger partial charge in [-0.25, -0.2) is 0 Å². The lowest BCUT2D eigenvalue weighted by molar-refractivity contribution is 0.102. The van der Waals surface area contributed by atoms with E-state index in [9.17, 15) is 4.79 Å². The van der Waals surface area contributed by atoms with Crippen molar-refractivity contribution in [1.29, 1.82) is 0 Å². The molecule has 0 unspecified atom stereocenters. The summed E-state index contributed by atoms with van der Waals surface area (Å²) in [5, 5.41) is 9.96. The fourth-order valence-corrected chi connectivity index (χ4v) is 3.65. The fourth-order valence-electron chi connectivity index (χ4n) is 3.65. The van der Waals surface area contributed by atoms with Gasteiger partial charge in [0.1, 0.15) is 0 Å². The third kappa shape index (κ3) is 4.31. The molecule has 0 bridgehead atoms. The van der Waals surface area contributed by atoms with Crippen molar-refractivity contribution < 1.29 is 4.79 Å². The van der Waals surface area contributed by atoms with Crippen LogP contribution < -0.4 is 5.32 Å². The van der Waals surface area contributed by atoms with E-state index in [-0.39, 0.29) is 5.91 Å². The maximum atomic E-state index is 12.7. The highest BCUT2D eigenvalue weighted by Gasteiger charge is 2.17. The Morgan fingerprint density at radius 3 is 2.54 bits per heavy atom. The molecule has 3 aromatic rings. The molecular formula is C23H26N4O. The molecule has 2 N–H and O–H groups in total. The maximum Gasteiger partial charge on any atom is 0.259 e. The van der Waals surface area contributed by atoms with Gasteiger partial charge in [0.15, 0.2) is 0 Å². The largest absolute Gasteiger partial charge is 0.322 e. The number of likely N-dealkylation sites (tertiary alicyclic amines) is 1. The Kier molecular flexibility index (Phi) is 5.53. The maximum absolute atomic E-state index is 12.7. The summed E-state index contributed by atoms with van der Waals surface area (Å²) >= 11 is 0. The molecule has 0 atom stereocenters. The summed E-state index contributed by atoms with van der Waals surface area (Å²) < 4.78 is 0. The fraction of sp³-hybridized carbons (Fsp3) is 0.304. The molecule has 2 aromatic carbocycles. The quantitative estimate of drug-likeness (QED) is 0.688. The van der Waals surface area contributed by atoms with E-state index in [0.717, 1.165) is 29.4 Å². The molecule has 1 amide bonds. The molecule has 5 heteroatoms. The van der Waals surface area contributed by atoms with Gasteiger partial charge in [0, 0.05) is 17.8 Å². The third-order valence-corrected chi connectivity index (χ3v) is 5.44. The van der Waals surface area contributed by atoms with Crippen LogP contribution in [-0.2, 0) is 6.54 Å². The standard InChI is InChI=1S/C23H26N4O/c1-17-11-13-27(14-12-17)16-18-7-9-20(10-8-18)25-23(28)21-15-24-26-22(21)19-5-3-2-4-6-19/h2-10,15,17H,11-14,16H2,1H3,(H,24,26)(H,25,28). The first kappa shape index (κ1) is 18.4. The molecule has 1 fully saturated rings. The molecule has 1 aliphatic rings. The molecule has 0 aliphatic carbocycles. The molecule has 28 heavy (non-hydrogen) atoms. The van der Waals surface area contributed by atoms with E-state index >= 15 is 0 Å². The van der Waals surface area contributed by atoms with Crippen molar-refractivity contribution >= 4 is 11.6 Å². The van der Waals surface area contributed by atoms with Crippen LogP contribution in [0.1, 0.15) is 35.7 Å². The van der Waals surface area contributed by atoms with Gasteiger partial charge in [-0.1, -0.05) is 49.4 Å². The first-order valence-corrected chi connectivity index (χ1v) is 9.90. The highest BCUT2D eigenvalue weighted by molar-refractivity contribution is 6.07. The van der Waals surface area contributed by atoms with Gasteiger partial charge in [-0.3, -0.25) is 14.8 Å². The summed E-state index contributed by atoms with van der Waals surface area (Å²) in [6.45, 7) is 5.64. The van der Waals surface area contributed by atoms with Crippen molar-refractivity contribution in [3.8, 4) is 11.3 Å². The summed E-state index contributed by atoms with van der Waals surface area (Å²) in [7, 11) is 0. The van der Waals surface area contributed by atoms with Crippen molar-refractivity contribution in [3.05, 3.63) is 71.9 Å². The third-order valence-electron chi connectivity index (χ3n) is 5.44. The predicted molar refractivity (Wildman–Crippen MR) is 112 cm³/mol. The number of carbonyl (C=O) groups excluding carboxylic acids is 1. The van der Waals surface area contributed by atoms with Crippen LogP contribution >= 0.6 is 0 Å². The molecule has 1 aromatic heterocycles. The zero-order valence-electron chi connectivity index (χ0n) is 16.2. The molecule has 1 aliphatic heterocycles. The molecular weight excluding hydrogens is 348 g/mol. The van der Waals surface area contributed by atoms with Gasteiger partial charge in [-0.05, 0) is 49.5 Å². The monoisotopic (exact) mass is 374 g/mol. The number of nitrogens with zero attached hydrogens (tertiary/aromatic N) is 2. The molecule has 2 heterocycles. The smallest absolute Gasteiger partial charge is 0.259 e. The minimum absolute atomic E-state index is 0.162. The highest BCUT2D eigenvalue weighted by Crippen LogP contribution is 2.22. The van der Waals surface area contributed by atoms with E-state index in [1.54, 1.807) is 6.20 Å². The number of hydrogen-bond donors (Lipinski definition) is 2. The number of H-pyrrole nitrogens is 1. The second kappa shape index (κ2) is 8.40. The van der Waals surface area contributed by atoms with Crippen LogP contribution in [0.25, 0.3) is 11.3 Å². The second-order valence-electron chi connectivity index (χ2n) is 7.63. The molecule has 0 saturated carbocycles. The summed E-state index contributed by atoms with van der Waals surface area (Å²) in [5.41, 5.74) is 4.28. The average molecular weight is 374 g/mol. The number of benzene rings is 2. The topological polar surface area (TPSA) is 61.0 Å². The van der Waals surface area contributed by atoms with Crippen molar-refractivity contribution in [3.63, 3.8) is 0 Å². The van der Waals surface area contributed by atoms with Gasteiger partial charge in [0.2, 0.25) is 0 Å². The van der Waals surface area contributed by atoms with Gasteiger partial charge in [-0.2, -0.15) is 5.10 Å². The van der Waals surface area contributed by atoms with Gasteiger partial charge < -0.3 is 5.32 Å². The summed E-state index contributed by atoms with van der Waals surface area (Å²) in [6.07, 6.45) is 4.13. The van der Waals surface area contributed by atoms with E-state index < -0.39 is 0 Å². The number of hydrogen-bond acceptors (Lipinski definition) is 3. The van der Waals surface area contributed by atoms with Crippen LogP contribution in [0, 0.1) is 5.92 Å². The lowest BCUT2D eigenvalue weighted by Crippen LogP contribution is -2.32. The molecule has 1 saturated heterocycles. The number of amides is 1. The van der Waals surface area contributed by atoms with Gasteiger partial charge >= 0.3 is 0 Å². The highest BCUT2D eigenvalue weighted by atomic mass is 16.1. The minimum atomic E-state index is -0.162. The summed E-state index contributed by atoms with van der Waals surface area (Å²) in [4.78, 5) is 15.2. The number of anilines is 1. The van der Waals surface area contributed by atoms with Crippen LogP contribution in [-0.4, -0.2) is 34.1 Å². The zero-order valence-corrected chi connectivity index (χ0v) is 16.2. The Balaban J connectivity index is 1.40. The normalized spacial score (nSPS) is 15.5. The van der Waals surface area contributed by atoms with Gasteiger partial charge in [0.25, 0.3) is 5.91 Å². The molecule has 0 radical (unpaired) electrons. The van der Waals surface area contributed by atoms with Gasteiger partial charge in [0.05, 0.1) is 17.5 Å². The van der Waals surface area contributed by atoms with Crippen LogP contribution in [0.5, 0.6) is 0 Å². The Morgan fingerprint density at radius 1 is 1.11 bits per heavy atom. The van der Waals surface area contributed by atoms with Crippen molar-refractivity contribution in [1.82, 2.24) is 15.1 Å². The lowest BCUT2D eigenvalue weighted by atomic mass is 9.99. The number of carbonyl (C=O) groups is 1. The Hall–Kier alpha value is -2.92. The van der Waals surface area contributed by atoms with Crippen molar-refractivity contribution in [2.24, 2.45) is 5.92 Å². The van der Waals surface area contributed by atoms with E-state index in [1.807, 2.05) is 42.5 Å². The first-order chi connectivity index (χ1) is 13.7. The summed E-state index contributed by atoms with van der Waals surface area (Å²) in [5.74, 6) is 0.683. The van der Waals surface area contributed by atoms with Crippen molar-refractivity contribution in [2.75, 3.05) is 18.4 Å². The van der Waals surface area contributed by atoms with E-state index in [2.05, 4.69) is 39.5 Å². The summed E-state index contributed by atoms with van der Waals surface area (Å²) in [6, 6.07) is 17.9. The molecule has 144 valence electrons. The van der Waals surface area contributed by atoms with E-state index in [0.29, 0.717) is 5.56 Å². The number of rotatable bonds is 5. The lowest BCUT2D eigenvalue weighted by Gasteiger charge is -2.30. The second-order valence-corrected chi connectivity index (χ2v) is 7.63. The van der Waals surface area contributed by atoms with Crippen LogP contribution in [0.4, 0.5) is 5.69 Å². The SMILES string of the molecule is CC1CCN(Cc2ccc(NC(=O)c3cn[nH]c3-c3ccccc3)cc2)CC1. The van der Waals surface area contributed by atoms with Crippen LogP contribution in [0.2, 0.25) is 0 Å². The van der Waals surface area contributed by atoms with Crippen LogP contribution in [0.3, 0.4) is 0 Å². The number of aromatic nitrogens is 2. The Bertz CT molecular complexity index is 909. The number of aromatic amines is 1. The average Bonchev–Trinajstić information content (AvgIpc) is 3.22. The van der Waals surface area contributed by atoms with Crippen LogP contribution in [0.15, 0.2) is 60.8 Å². The van der Waals surface area contributed by atoms with E-state index in [4.69, 9.17) is 0 Å². The molecule has 0 spiro atoms. The van der Waals surface area contributed by atoms with Crippen molar-refractivity contribution in [2.45, 2.75) is 26.3 Å². The first-order valence-electron chi connectivity index (χ1n) is 9.90. The number of piperidine rings is 1. The Morgan fingerprint density at radius 2 is 1.82 bits per heavy atom. The van der Waals surface area contributed by atoms with E-state index in [1.165, 1.54) is 31.5 Å².